The van der Waals surface area contributed by atoms with Gasteiger partial charge in [-0.2, -0.15) is 8.42 Å². The van der Waals surface area contributed by atoms with Crippen LogP contribution in [0.25, 0.3) is 17.2 Å². The Morgan fingerprint density at radius 2 is 1.53 bits per heavy atom. The average Bonchev–Trinajstić information content (AvgIpc) is 3.11. The number of carbonyl (C=O) groups is 1. The molecule has 3 aromatic carbocycles. The van der Waals surface area contributed by atoms with Crippen molar-refractivity contribution in [3.8, 4) is 11.1 Å². The number of rotatable bonds is 7. The van der Waals surface area contributed by atoms with Gasteiger partial charge in [0.15, 0.2) is 0 Å². The molecule has 0 spiro atoms. The van der Waals surface area contributed by atoms with Crippen LogP contribution in [0.2, 0.25) is 0 Å². The second-order valence-corrected chi connectivity index (χ2v) is 8.73. The fourth-order valence-electron chi connectivity index (χ4n) is 3.96. The lowest BCUT2D eigenvalue weighted by Gasteiger charge is -2.14. The van der Waals surface area contributed by atoms with Gasteiger partial charge in [-0.25, -0.2) is 4.79 Å². The first-order chi connectivity index (χ1) is 15.4. The van der Waals surface area contributed by atoms with Crippen molar-refractivity contribution in [2.75, 3.05) is 13.2 Å². The first-order valence-electron chi connectivity index (χ1n) is 10.2. The van der Waals surface area contributed by atoms with Crippen LogP contribution in [0.4, 0.5) is 8.68 Å². The van der Waals surface area contributed by atoms with E-state index in [1.807, 2.05) is 24.3 Å². The van der Waals surface area contributed by atoms with Crippen LogP contribution in [-0.2, 0) is 15.0 Å². The Kier molecular flexibility index (Phi) is 6.37. The molecule has 7 heteroatoms. The summed E-state index contributed by atoms with van der Waals surface area (Å²) in [6.07, 6.45) is 3.11. The van der Waals surface area contributed by atoms with Gasteiger partial charge in [-0.3, -0.25) is 0 Å². The summed E-state index contributed by atoms with van der Waals surface area (Å²) in [5.41, 5.74) is 4.88. The zero-order valence-corrected chi connectivity index (χ0v) is 18.0. The summed E-state index contributed by atoms with van der Waals surface area (Å²) in [7, 11) is -4.79. The number of ether oxygens (including phenoxy) is 1. The highest BCUT2D eigenvalue weighted by Crippen LogP contribution is 2.44. The Hall–Kier alpha value is -3.45. The van der Waals surface area contributed by atoms with Gasteiger partial charge in [-0.1, -0.05) is 78.9 Å². The van der Waals surface area contributed by atoms with Crippen molar-refractivity contribution in [3.05, 3.63) is 95.6 Å². The minimum atomic E-state index is -4.79. The standard InChI is InChI=1S/C25H22FNO4S/c26-32(29,30)24-15-6-1-9-18(24)10-7-8-16-27-25(28)31-17-23-21-13-4-2-11-19(21)20-12-3-5-14-22(20)23/h1-7,9-15,23H,8,16-17H2,(H,27,28). The Balaban J connectivity index is 1.30. The van der Waals surface area contributed by atoms with E-state index in [9.17, 15) is 17.1 Å². The van der Waals surface area contributed by atoms with Gasteiger partial charge in [0.25, 0.3) is 0 Å². The molecule has 1 aliphatic rings. The molecule has 0 saturated heterocycles. The number of carbonyl (C=O) groups excluding carboxylic acids is 1. The molecule has 1 aliphatic carbocycles. The zero-order valence-electron chi connectivity index (χ0n) is 17.2. The van der Waals surface area contributed by atoms with E-state index in [-0.39, 0.29) is 23.0 Å². The van der Waals surface area contributed by atoms with Crippen molar-refractivity contribution in [1.29, 1.82) is 0 Å². The van der Waals surface area contributed by atoms with Crippen molar-refractivity contribution >= 4 is 22.4 Å². The molecule has 0 bridgehead atoms. The highest BCUT2D eigenvalue weighted by atomic mass is 32.3. The topological polar surface area (TPSA) is 72.5 Å². The largest absolute Gasteiger partial charge is 0.449 e. The van der Waals surface area contributed by atoms with Gasteiger partial charge in [-0.05, 0) is 40.3 Å². The van der Waals surface area contributed by atoms with Crippen LogP contribution in [0, 0.1) is 0 Å². The van der Waals surface area contributed by atoms with E-state index in [0.717, 1.165) is 22.3 Å². The van der Waals surface area contributed by atoms with E-state index in [4.69, 9.17) is 4.74 Å². The Bertz CT molecular complexity index is 1220. The molecular weight excluding hydrogens is 429 g/mol. The number of nitrogens with one attached hydrogen (secondary N) is 1. The summed E-state index contributed by atoms with van der Waals surface area (Å²) >= 11 is 0. The minimum absolute atomic E-state index is 0.00722. The van der Waals surface area contributed by atoms with Crippen LogP contribution in [0.5, 0.6) is 0 Å². The molecule has 0 aliphatic heterocycles. The fraction of sp³-hybridized carbons (Fsp3) is 0.160. The number of halogens is 1. The van der Waals surface area contributed by atoms with Gasteiger partial charge in [0, 0.05) is 12.5 Å². The Morgan fingerprint density at radius 1 is 0.938 bits per heavy atom. The van der Waals surface area contributed by atoms with E-state index in [0.29, 0.717) is 13.0 Å². The van der Waals surface area contributed by atoms with Crippen molar-refractivity contribution < 1.29 is 21.8 Å². The number of alkyl carbamates (subject to hydrolysis) is 1. The second-order valence-electron chi connectivity index (χ2n) is 7.42. The molecule has 32 heavy (non-hydrogen) atoms. The lowest BCUT2D eigenvalue weighted by Crippen LogP contribution is -2.26. The maximum absolute atomic E-state index is 13.3. The summed E-state index contributed by atoms with van der Waals surface area (Å²) in [5, 5.41) is 2.68. The van der Waals surface area contributed by atoms with E-state index in [1.165, 1.54) is 24.3 Å². The third-order valence-electron chi connectivity index (χ3n) is 5.40. The monoisotopic (exact) mass is 451 g/mol. The molecule has 0 aromatic heterocycles. The molecule has 5 nitrogen and oxygen atoms in total. The van der Waals surface area contributed by atoms with Gasteiger partial charge in [0.05, 0.1) is 0 Å². The molecule has 0 saturated carbocycles. The average molecular weight is 452 g/mol. The third kappa shape index (κ3) is 4.73. The molecule has 0 unspecified atom stereocenters. The maximum atomic E-state index is 13.3. The van der Waals surface area contributed by atoms with Crippen LogP contribution >= 0.6 is 0 Å². The van der Waals surface area contributed by atoms with E-state index in [1.54, 1.807) is 12.1 Å². The molecule has 164 valence electrons. The van der Waals surface area contributed by atoms with Gasteiger partial charge < -0.3 is 10.1 Å². The van der Waals surface area contributed by atoms with Gasteiger partial charge in [-0.15, -0.1) is 3.89 Å². The van der Waals surface area contributed by atoms with Crippen molar-refractivity contribution in [2.45, 2.75) is 17.2 Å². The van der Waals surface area contributed by atoms with Crippen molar-refractivity contribution in [1.82, 2.24) is 5.32 Å². The zero-order chi connectivity index (χ0) is 22.6. The molecule has 0 fully saturated rings. The third-order valence-corrected chi connectivity index (χ3v) is 6.30. The van der Waals surface area contributed by atoms with Gasteiger partial charge in [0.1, 0.15) is 11.5 Å². The normalized spacial score (nSPS) is 13.0. The van der Waals surface area contributed by atoms with Crippen LogP contribution in [0.1, 0.15) is 29.0 Å². The Morgan fingerprint density at radius 3 is 2.19 bits per heavy atom. The first-order valence-corrected chi connectivity index (χ1v) is 11.6. The number of fused-ring (bicyclic) bond motifs is 3. The highest BCUT2D eigenvalue weighted by Gasteiger charge is 2.28. The summed E-state index contributed by atoms with van der Waals surface area (Å²) in [6, 6.07) is 22.0. The lowest BCUT2D eigenvalue weighted by atomic mass is 9.98. The molecule has 0 radical (unpaired) electrons. The maximum Gasteiger partial charge on any atom is 0.407 e. The van der Waals surface area contributed by atoms with Crippen LogP contribution in [0.15, 0.2) is 83.8 Å². The van der Waals surface area contributed by atoms with Crippen molar-refractivity contribution in [3.63, 3.8) is 0 Å². The Labute approximate surface area is 186 Å². The van der Waals surface area contributed by atoms with Gasteiger partial charge >= 0.3 is 16.3 Å². The summed E-state index contributed by atoms with van der Waals surface area (Å²) in [4.78, 5) is 11.8. The van der Waals surface area contributed by atoms with Crippen LogP contribution in [0.3, 0.4) is 0 Å². The van der Waals surface area contributed by atoms with E-state index >= 15 is 0 Å². The quantitative estimate of drug-likeness (QED) is 0.392. The molecule has 0 heterocycles. The van der Waals surface area contributed by atoms with Crippen LogP contribution in [-0.4, -0.2) is 27.7 Å². The first kappa shape index (κ1) is 21.8. The highest BCUT2D eigenvalue weighted by molar-refractivity contribution is 7.86. The number of amides is 1. The smallest absolute Gasteiger partial charge is 0.407 e. The summed E-state index contributed by atoms with van der Waals surface area (Å²) < 4.78 is 41.2. The number of hydrogen-bond acceptors (Lipinski definition) is 4. The summed E-state index contributed by atoms with van der Waals surface area (Å²) in [6.45, 7) is 0.537. The number of hydrogen-bond donors (Lipinski definition) is 1. The second kappa shape index (κ2) is 9.36. The van der Waals surface area contributed by atoms with E-state index < -0.39 is 16.3 Å². The molecule has 3 aromatic rings. The fourth-order valence-corrected chi connectivity index (χ4v) is 4.62. The molecule has 1 N–H and O–H groups in total. The predicted molar refractivity (Wildman–Crippen MR) is 121 cm³/mol. The van der Waals surface area contributed by atoms with Crippen LogP contribution < -0.4 is 5.32 Å². The molecule has 4 rings (SSSR count). The number of benzene rings is 3. The van der Waals surface area contributed by atoms with E-state index in [2.05, 4.69) is 29.6 Å². The minimum Gasteiger partial charge on any atom is -0.449 e. The lowest BCUT2D eigenvalue weighted by molar-refractivity contribution is 0.143. The summed E-state index contributed by atoms with van der Waals surface area (Å²) in [5.74, 6) is -0.00722. The predicted octanol–water partition coefficient (Wildman–Crippen LogP) is 5.29. The van der Waals surface area contributed by atoms with Crippen molar-refractivity contribution in [2.24, 2.45) is 0 Å². The molecular formula is C25H22FNO4S. The van der Waals surface area contributed by atoms with Gasteiger partial charge in [0.2, 0.25) is 0 Å². The molecule has 0 atom stereocenters. The molecule has 1 amide bonds. The SMILES string of the molecule is O=C(NCCC=Cc1ccccc1S(=O)(=O)F)OCC1c2ccccc2-c2ccccc21.